The predicted molar refractivity (Wildman–Crippen MR) is 113 cm³/mol. The van der Waals surface area contributed by atoms with Gasteiger partial charge in [-0.15, -0.1) is 0 Å². The molecular formula is C21H23ClN4O4. The number of nitrogens with one attached hydrogen (secondary N) is 1. The number of nitrogens with zero attached hydrogens (tertiary/aromatic N) is 3. The molecule has 0 aliphatic carbocycles. The van der Waals surface area contributed by atoms with E-state index in [-0.39, 0.29) is 17.2 Å². The summed E-state index contributed by atoms with van der Waals surface area (Å²) in [6.07, 6.45) is 0. The van der Waals surface area contributed by atoms with E-state index >= 15 is 0 Å². The number of amides is 2. The fourth-order valence-corrected chi connectivity index (χ4v) is 3.61. The number of halogens is 1. The normalized spacial score (nSPS) is 15.5. The van der Waals surface area contributed by atoms with Crippen molar-refractivity contribution in [2.75, 3.05) is 26.2 Å². The Morgan fingerprint density at radius 2 is 1.83 bits per heavy atom. The number of piperazine rings is 1. The summed E-state index contributed by atoms with van der Waals surface area (Å²) in [6, 6.07) is 12.4. The van der Waals surface area contributed by atoms with E-state index < -0.39 is 16.9 Å². The molecule has 1 fully saturated rings. The zero-order valence-electron chi connectivity index (χ0n) is 16.6. The average molecular weight is 431 g/mol. The Hall–Kier alpha value is -2.97. The van der Waals surface area contributed by atoms with Gasteiger partial charge in [-0.05, 0) is 30.7 Å². The Bertz CT molecular complexity index is 944. The molecule has 1 unspecified atom stereocenters. The minimum Gasteiger partial charge on any atom is -0.341 e. The van der Waals surface area contributed by atoms with Crippen LogP contribution in [0, 0.1) is 10.1 Å². The van der Waals surface area contributed by atoms with E-state index in [0.717, 1.165) is 25.2 Å². The molecule has 0 radical (unpaired) electrons. The molecule has 0 bridgehead atoms. The number of rotatable bonds is 6. The number of carbonyl (C=O) groups excluding carboxylic acids is 2. The summed E-state index contributed by atoms with van der Waals surface area (Å²) in [7, 11) is 0. The number of hydrogen-bond acceptors (Lipinski definition) is 5. The van der Waals surface area contributed by atoms with Gasteiger partial charge in [0, 0.05) is 55.4 Å². The molecular weight excluding hydrogens is 408 g/mol. The van der Waals surface area contributed by atoms with Gasteiger partial charge in [-0.3, -0.25) is 24.6 Å². The molecule has 0 spiro atoms. The summed E-state index contributed by atoms with van der Waals surface area (Å²) in [6.45, 7) is 4.97. The maximum Gasteiger partial charge on any atom is 0.270 e. The largest absolute Gasteiger partial charge is 0.341 e. The van der Waals surface area contributed by atoms with Crippen molar-refractivity contribution in [3.8, 4) is 0 Å². The molecule has 2 amide bonds. The van der Waals surface area contributed by atoms with Crippen LogP contribution in [-0.4, -0.2) is 58.8 Å². The Balaban J connectivity index is 1.51. The highest BCUT2D eigenvalue weighted by Crippen LogP contribution is 2.15. The lowest BCUT2D eigenvalue weighted by molar-refractivity contribution is -0.384. The van der Waals surface area contributed by atoms with E-state index in [4.69, 9.17) is 11.6 Å². The molecule has 2 aromatic carbocycles. The molecule has 1 aliphatic rings. The first-order valence-corrected chi connectivity index (χ1v) is 10.0. The van der Waals surface area contributed by atoms with Crippen LogP contribution in [0.4, 0.5) is 5.69 Å². The summed E-state index contributed by atoms with van der Waals surface area (Å²) < 4.78 is 0. The minimum absolute atomic E-state index is 0.148. The summed E-state index contributed by atoms with van der Waals surface area (Å²) in [5.41, 5.74) is 1.10. The summed E-state index contributed by atoms with van der Waals surface area (Å²) in [5.74, 6) is -0.685. The van der Waals surface area contributed by atoms with Crippen LogP contribution in [0.1, 0.15) is 22.8 Å². The van der Waals surface area contributed by atoms with E-state index in [9.17, 15) is 19.7 Å². The highest BCUT2D eigenvalue weighted by molar-refractivity contribution is 6.30. The molecule has 0 aromatic heterocycles. The monoisotopic (exact) mass is 430 g/mol. The van der Waals surface area contributed by atoms with Crippen molar-refractivity contribution in [1.29, 1.82) is 0 Å². The van der Waals surface area contributed by atoms with Crippen LogP contribution in [0.2, 0.25) is 5.02 Å². The van der Waals surface area contributed by atoms with Gasteiger partial charge >= 0.3 is 0 Å². The van der Waals surface area contributed by atoms with Gasteiger partial charge < -0.3 is 10.2 Å². The van der Waals surface area contributed by atoms with Crippen LogP contribution in [0.15, 0.2) is 48.5 Å². The Morgan fingerprint density at radius 3 is 2.50 bits per heavy atom. The molecule has 2 aromatic rings. The highest BCUT2D eigenvalue weighted by atomic mass is 35.5. The second-order valence-electron chi connectivity index (χ2n) is 7.23. The quantitative estimate of drug-likeness (QED) is 0.561. The van der Waals surface area contributed by atoms with Gasteiger partial charge in [0.15, 0.2) is 0 Å². The third kappa shape index (κ3) is 5.55. The second kappa shape index (κ2) is 9.69. The SMILES string of the molecule is CC(NC(=O)c1cccc([N+](=O)[O-])c1)C(=O)N1CCN(Cc2cccc(Cl)c2)CC1. The topological polar surface area (TPSA) is 95.8 Å². The summed E-state index contributed by atoms with van der Waals surface area (Å²) >= 11 is 6.03. The first-order chi connectivity index (χ1) is 14.3. The van der Waals surface area contributed by atoms with Crippen molar-refractivity contribution in [2.45, 2.75) is 19.5 Å². The molecule has 8 nitrogen and oxygen atoms in total. The Morgan fingerprint density at radius 1 is 1.13 bits per heavy atom. The number of nitro benzene ring substituents is 1. The van der Waals surface area contributed by atoms with Gasteiger partial charge in [0.2, 0.25) is 5.91 Å². The number of carbonyl (C=O) groups is 2. The van der Waals surface area contributed by atoms with Gasteiger partial charge in [-0.25, -0.2) is 0 Å². The standard InChI is InChI=1S/C21H23ClN4O4/c1-15(23-20(27)17-5-3-7-19(13-17)26(29)30)21(28)25-10-8-24(9-11-25)14-16-4-2-6-18(22)12-16/h2-7,12-13,15H,8-11,14H2,1H3,(H,23,27). The lowest BCUT2D eigenvalue weighted by Crippen LogP contribution is -2.53. The maximum atomic E-state index is 12.7. The fraction of sp³-hybridized carbons (Fsp3) is 0.333. The molecule has 1 saturated heterocycles. The number of non-ortho nitro benzene ring substituents is 1. The van der Waals surface area contributed by atoms with Crippen LogP contribution < -0.4 is 5.32 Å². The highest BCUT2D eigenvalue weighted by Gasteiger charge is 2.26. The third-order valence-corrected chi connectivity index (χ3v) is 5.25. The molecule has 1 heterocycles. The van der Waals surface area contributed by atoms with Crippen LogP contribution >= 0.6 is 11.6 Å². The van der Waals surface area contributed by atoms with Crippen molar-refractivity contribution in [1.82, 2.24) is 15.1 Å². The molecule has 1 N–H and O–H groups in total. The second-order valence-corrected chi connectivity index (χ2v) is 7.67. The Kier molecular flexibility index (Phi) is 7.02. The first kappa shape index (κ1) is 21.7. The van der Waals surface area contributed by atoms with E-state index in [1.165, 1.54) is 24.3 Å². The van der Waals surface area contributed by atoms with Crippen LogP contribution in [0.25, 0.3) is 0 Å². The first-order valence-electron chi connectivity index (χ1n) is 9.64. The van der Waals surface area contributed by atoms with Gasteiger partial charge in [-0.2, -0.15) is 0 Å². The van der Waals surface area contributed by atoms with Crippen molar-refractivity contribution in [3.05, 3.63) is 74.8 Å². The van der Waals surface area contributed by atoms with Crippen LogP contribution in [0.5, 0.6) is 0 Å². The summed E-state index contributed by atoms with van der Waals surface area (Å²) in [4.78, 5) is 39.4. The van der Waals surface area contributed by atoms with Gasteiger partial charge in [0.1, 0.15) is 6.04 Å². The lowest BCUT2D eigenvalue weighted by atomic mass is 10.1. The van der Waals surface area contributed by atoms with Crippen LogP contribution in [0.3, 0.4) is 0 Å². The maximum absolute atomic E-state index is 12.7. The minimum atomic E-state index is -0.726. The van der Waals surface area contributed by atoms with Crippen molar-refractivity contribution < 1.29 is 14.5 Å². The number of hydrogen-bond donors (Lipinski definition) is 1. The lowest BCUT2D eigenvalue weighted by Gasteiger charge is -2.36. The molecule has 9 heteroatoms. The van der Waals surface area contributed by atoms with E-state index in [1.54, 1.807) is 11.8 Å². The Labute approximate surface area is 179 Å². The van der Waals surface area contributed by atoms with Gasteiger partial charge in [0.25, 0.3) is 11.6 Å². The average Bonchev–Trinajstić information content (AvgIpc) is 2.74. The smallest absolute Gasteiger partial charge is 0.270 e. The molecule has 0 saturated carbocycles. The summed E-state index contributed by atoms with van der Waals surface area (Å²) in [5, 5.41) is 14.2. The number of benzene rings is 2. The fourth-order valence-electron chi connectivity index (χ4n) is 3.40. The molecule has 3 rings (SSSR count). The van der Waals surface area contributed by atoms with E-state index in [0.29, 0.717) is 18.1 Å². The zero-order valence-corrected chi connectivity index (χ0v) is 17.3. The number of nitro groups is 1. The third-order valence-electron chi connectivity index (χ3n) is 5.02. The molecule has 1 aliphatic heterocycles. The van der Waals surface area contributed by atoms with Crippen molar-refractivity contribution >= 4 is 29.1 Å². The van der Waals surface area contributed by atoms with E-state index in [2.05, 4.69) is 10.2 Å². The van der Waals surface area contributed by atoms with Crippen molar-refractivity contribution in [2.24, 2.45) is 0 Å². The van der Waals surface area contributed by atoms with Crippen LogP contribution in [-0.2, 0) is 11.3 Å². The molecule has 30 heavy (non-hydrogen) atoms. The van der Waals surface area contributed by atoms with E-state index in [1.807, 2.05) is 24.3 Å². The van der Waals surface area contributed by atoms with Crippen molar-refractivity contribution in [3.63, 3.8) is 0 Å². The van der Waals surface area contributed by atoms with Gasteiger partial charge in [0.05, 0.1) is 4.92 Å². The molecule has 158 valence electrons. The zero-order chi connectivity index (χ0) is 21.7. The molecule has 1 atom stereocenters. The predicted octanol–water partition coefficient (Wildman–Crippen LogP) is 2.71. The van der Waals surface area contributed by atoms with Gasteiger partial charge in [-0.1, -0.05) is 29.8 Å².